The van der Waals surface area contributed by atoms with Gasteiger partial charge in [-0.25, -0.2) is 4.98 Å². The van der Waals surface area contributed by atoms with Crippen molar-refractivity contribution in [2.75, 3.05) is 31.1 Å². The van der Waals surface area contributed by atoms with Crippen molar-refractivity contribution < 1.29 is 4.79 Å². The van der Waals surface area contributed by atoms with Gasteiger partial charge in [0.05, 0.1) is 5.56 Å². The molecule has 1 fully saturated rings. The molecule has 0 aromatic carbocycles. The molecule has 1 saturated heterocycles. The predicted molar refractivity (Wildman–Crippen MR) is 76.3 cm³/mol. The van der Waals surface area contributed by atoms with E-state index >= 15 is 0 Å². The highest BCUT2D eigenvalue weighted by molar-refractivity contribution is 5.98. The second-order valence-electron chi connectivity index (χ2n) is 4.82. The van der Waals surface area contributed by atoms with Gasteiger partial charge >= 0.3 is 0 Å². The van der Waals surface area contributed by atoms with E-state index in [4.69, 9.17) is 5.73 Å². The summed E-state index contributed by atoms with van der Waals surface area (Å²) in [6, 6.07) is 3.65. The van der Waals surface area contributed by atoms with Gasteiger partial charge in [-0.05, 0) is 44.4 Å². The minimum absolute atomic E-state index is 0.0536. The van der Waals surface area contributed by atoms with Crippen molar-refractivity contribution in [2.45, 2.75) is 25.7 Å². The summed E-state index contributed by atoms with van der Waals surface area (Å²) in [4.78, 5) is 18.8. The molecule has 0 unspecified atom stereocenters. The first-order chi connectivity index (χ1) is 9.33. The molecule has 0 bridgehead atoms. The zero-order valence-electron chi connectivity index (χ0n) is 11.3. The van der Waals surface area contributed by atoms with Gasteiger partial charge in [-0.1, -0.05) is 0 Å². The van der Waals surface area contributed by atoms with Crippen LogP contribution in [0.4, 0.5) is 5.82 Å². The molecule has 0 radical (unpaired) electrons. The SMILES string of the molecule is NCCCNC(=O)c1cccnc1N1CCCCC1. The van der Waals surface area contributed by atoms with Gasteiger partial charge in [0.1, 0.15) is 5.82 Å². The standard InChI is InChI=1S/C14H22N4O/c15-7-5-9-17-14(19)12-6-4-8-16-13(12)18-10-2-1-3-11-18/h4,6,8H,1-3,5,7,9-11,15H2,(H,17,19). The number of hydrogen-bond donors (Lipinski definition) is 2. The molecular weight excluding hydrogens is 240 g/mol. The Labute approximate surface area is 114 Å². The normalized spacial score (nSPS) is 15.3. The van der Waals surface area contributed by atoms with Crippen LogP contribution in [0.3, 0.4) is 0 Å². The minimum Gasteiger partial charge on any atom is -0.356 e. The summed E-state index contributed by atoms with van der Waals surface area (Å²) in [6.07, 6.45) is 6.16. The lowest BCUT2D eigenvalue weighted by Crippen LogP contribution is -2.34. The Balaban J connectivity index is 2.08. The Morgan fingerprint density at radius 3 is 2.89 bits per heavy atom. The van der Waals surface area contributed by atoms with Crippen molar-refractivity contribution in [3.8, 4) is 0 Å². The van der Waals surface area contributed by atoms with E-state index in [-0.39, 0.29) is 5.91 Å². The number of aromatic nitrogens is 1. The Morgan fingerprint density at radius 2 is 2.16 bits per heavy atom. The number of nitrogens with one attached hydrogen (secondary N) is 1. The molecule has 0 saturated carbocycles. The van der Waals surface area contributed by atoms with Gasteiger partial charge in [-0.2, -0.15) is 0 Å². The van der Waals surface area contributed by atoms with Crippen LogP contribution in [0.1, 0.15) is 36.0 Å². The Hall–Kier alpha value is -1.62. The van der Waals surface area contributed by atoms with E-state index in [0.717, 1.165) is 25.3 Å². The number of amides is 1. The maximum atomic E-state index is 12.2. The highest BCUT2D eigenvalue weighted by Crippen LogP contribution is 2.21. The monoisotopic (exact) mass is 262 g/mol. The molecule has 1 aromatic heterocycles. The van der Waals surface area contributed by atoms with Crippen LogP contribution in [0.2, 0.25) is 0 Å². The summed E-state index contributed by atoms with van der Waals surface area (Å²) in [7, 11) is 0. The lowest BCUT2D eigenvalue weighted by molar-refractivity contribution is 0.0953. The van der Waals surface area contributed by atoms with Crippen LogP contribution >= 0.6 is 0 Å². The highest BCUT2D eigenvalue weighted by atomic mass is 16.1. The molecule has 0 atom stereocenters. The fraction of sp³-hybridized carbons (Fsp3) is 0.571. The van der Waals surface area contributed by atoms with Crippen LogP contribution in [0.5, 0.6) is 0 Å². The molecule has 1 aliphatic rings. The fourth-order valence-electron chi connectivity index (χ4n) is 2.33. The van der Waals surface area contributed by atoms with Gasteiger partial charge < -0.3 is 16.0 Å². The van der Waals surface area contributed by atoms with Crippen LogP contribution in [0.25, 0.3) is 0 Å². The molecule has 2 rings (SSSR count). The molecule has 1 aromatic rings. The first kappa shape index (κ1) is 13.8. The van der Waals surface area contributed by atoms with Crippen LogP contribution in [-0.4, -0.2) is 37.1 Å². The van der Waals surface area contributed by atoms with Gasteiger partial charge in [0.25, 0.3) is 5.91 Å². The van der Waals surface area contributed by atoms with Gasteiger partial charge in [0.2, 0.25) is 0 Å². The zero-order valence-corrected chi connectivity index (χ0v) is 11.3. The van der Waals surface area contributed by atoms with Crippen LogP contribution < -0.4 is 16.0 Å². The molecule has 0 aliphatic carbocycles. The lowest BCUT2D eigenvalue weighted by atomic mass is 10.1. The number of anilines is 1. The van der Waals surface area contributed by atoms with Gasteiger partial charge in [0, 0.05) is 25.8 Å². The van der Waals surface area contributed by atoms with E-state index in [1.54, 1.807) is 6.20 Å². The number of pyridine rings is 1. The molecule has 104 valence electrons. The Kier molecular flexibility index (Phi) is 5.15. The zero-order chi connectivity index (χ0) is 13.5. The van der Waals surface area contributed by atoms with Crippen LogP contribution in [0.15, 0.2) is 18.3 Å². The average Bonchev–Trinajstić information content (AvgIpc) is 2.48. The number of carbonyl (C=O) groups excluding carboxylic acids is 1. The van der Waals surface area contributed by atoms with Crippen molar-refractivity contribution in [1.29, 1.82) is 0 Å². The molecule has 0 spiro atoms. The maximum Gasteiger partial charge on any atom is 0.255 e. The first-order valence-electron chi connectivity index (χ1n) is 7.01. The average molecular weight is 262 g/mol. The third kappa shape index (κ3) is 3.67. The van der Waals surface area contributed by atoms with Crippen molar-refractivity contribution in [3.05, 3.63) is 23.9 Å². The van der Waals surface area contributed by atoms with Gasteiger partial charge in [-0.15, -0.1) is 0 Å². The maximum absolute atomic E-state index is 12.2. The molecule has 5 heteroatoms. The van der Waals surface area contributed by atoms with E-state index in [1.807, 2.05) is 12.1 Å². The van der Waals surface area contributed by atoms with E-state index < -0.39 is 0 Å². The van der Waals surface area contributed by atoms with E-state index in [9.17, 15) is 4.79 Å². The lowest BCUT2D eigenvalue weighted by Gasteiger charge is -2.29. The molecular formula is C14H22N4O. The third-order valence-electron chi connectivity index (χ3n) is 3.35. The van der Waals surface area contributed by atoms with Crippen molar-refractivity contribution >= 4 is 11.7 Å². The third-order valence-corrected chi connectivity index (χ3v) is 3.35. The Morgan fingerprint density at radius 1 is 1.37 bits per heavy atom. The molecule has 1 amide bonds. The van der Waals surface area contributed by atoms with Crippen molar-refractivity contribution in [3.63, 3.8) is 0 Å². The van der Waals surface area contributed by atoms with E-state index in [0.29, 0.717) is 18.7 Å². The van der Waals surface area contributed by atoms with Crippen LogP contribution in [-0.2, 0) is 0 Å². The largest absolute Gasteiger partial charge is 0.356 e. The summed E-state index contributed by atoms with van der Waals surface area (Å²) in [5, 5.41) is 2.89. The Bertz CT molecular complexity index is 416. The number of nitrogens with zero attached hydrogens (tertiary/aromatic N) is 2. The molecule has 1 aliphatic heterocycles. The minimum atomic E-state index is -0.0536. The highest BCUT2D eigenvalue weighted by Gasteiger charge is 2.19. The summed E-state index contributed by atoms with van der Waals surface area (Å²) in [5.41, 5.74) is 6.10. The van der Waals surface area contributed by atoms with E-state index in [2.05, 4.69) is 15.2 Å². The molecule has 2 heterocycles. The first-order valence-corrected chi connectivity index (χ1v) is 7.01. The summed E-state index contributed by atoms with van der Waals surface area (Å²) in [6.45, 7) is 3.18. The van der Waals surface area contributed by atoms with Crippen molar-refractivity contribution in [2.24, 2.45) is 5.73 Å². The quantitative estimate of drug-likeness (QED) is 0.781. The predicted octanol–water partition coefficient (Wildman–Crippen LogP) is 1.15. The number of piperidine rings is 1. The summed E-state index contributed by atoms with van der Waals surface area (Å²) in [5.74, 6) is 0.759. The fourth-order valence-corrected chi connectivity index (χ4v) is 2.33. The number of nitrogens with two attached hydrogens (primary N) is 1. The summed E-state index contributed by atoms with van der Waals surface area (Å²) < 4.78 is 0. The van der Waals surface area contributed by atoms with Crippen molar-refractivity contribution in [1.82, 2.24) is 10.3 Å². The van der Waals surface area contributed by atoms with E-state index in [1.165, 1.54) is 19.3 Å². The molecule has 19 heavy (non-hydrogen) atoms. The van der Waals surface area contributed by atoms with Gasteiger partial charge in [-0.3, -0.25) is 4.79 Å². The number of carbonyl (C=O) groups is 1. The van der Waals surface area contributed by atoms with Gasteiger partial charge in [0.15, 0.2) is 0 Å². The number of hydrogen-bond acceptors (Lipinski definition) is 4. The summed E-state index contributed by atoms with van der Waals surface area (Å²) >= 11 is 0. The topological polar surface area (TPSA) is 71.2 Å². The van der Waals surface area contributed by atoms with Crippen LogP contribution in [0, 0.1) is 0 Å². The smallest absolute Gasteiger partial charge is 0.255 e. The second kappa shape index (κ2) is 7.09. The molecule has 3 N–H and O–H groups in total. The molecule has 5 nitrogen and oxygen atoms in total. The number of rotatable bonds is 5. The second-order valence-corrected chi connectivity index (χ2v) is 4.82.